The van der Waals surface area contributed by atoms with E-state index in [-0.39, 0.29) is 103 Å². The molecule has 0 aliphatic heterocycles. The third-order valence-corrected chi connectivity index (χ3v) is 13.9. The van der Waals surface area contributed by atoms with Gasteiger partial charge in [0.15, 0.2) is 5.75 Å². The van der Waals surface area contributed by atoms with Crippen molar-refractivity contribution in [3.63, 3.8) is 0 Å². The predicted molar refractivity (Wildman–Crippen MR) is 284 cm³/mol. The SMILES string of the molecule is CCOc1cccc(N=C([O-])c2cc3ccccc3c(N=Nc3ccc(S(=O)(=O)O)c(C)c3Cl)c2[O-])c1.CCOc1cccc(NC(=O)c2cc3ccccc3c(N=Nc3ccc(S(=O)(=O)O)c(C)c3Cl)c2O)c1.[Ca+2]. The van der Waals surface area contributed by atoms with Gasteiger partial charge in [-0.25, -0.2) is 0 Å². The van der Waals surface area contributed by atoms with E-state index in [1.165, 1.54) is 32.0 Å². The third-order valence-electron chi connectivity index (χ3n) is 10.9. The first-order valence-corrected chi connectivity index (χ1v) is 25.7. The van der Waals surface area contributed by atoms with Gasteiger partial charge >= 0.3 is 37.7 Å². The molecule has 0 heterocycles. The van der Waals surface area contributed by atoms with Crippen LogP contribution in [0.5, 0.6) is 23.0 Å². The Bertz CT molecular complexity index is 3830. The van der Waals surface area contributed by atoms with Gasteiger partial charge in [0.25, 0.3) is 26.1 Å². The quantitative estimate of drug-likeness (QED) is 0.0260. The van der Waals surface area contributed by atoms with Gasteiger partial charge in [-0.15, -0.1) is 15.3 Å². The predicted octanol–water partition coefficient (Wildman–Crippen LogP) is 11.8. The number of aromatic hydroxyl groups is 1. The summed E-state index contributed by atoms with van der Waals surface area (Å²) in [7, 11) is -8.96. The van der Waals surface area contributed by atoms with Crippen LogP contribution in [0, 0.1) is 13.8 Å². The van der Waals surface area contributed by atoms with E-state index in [4.69, 9.17) is 32.7 Å². The summed E-state index contributed by atoms with van der Waals surface area (Å²) >= 11 is 12.5. The molecule has 23 heteroatoms. The summed E-state index contributed by atoms with van der Waals surface area (Å²) in [6, 6.07) is 35.2. The number of fused-ring (bicyclic) bond motifs is 2. The number of azo groups is 2. The average Bonchev–Trinajstić information content (AvgIpc) is 3.35. The summed E-state index contributed by atoms with van der Waals surface area (Å²) in [5.41, 5.74) is 0.854. The molecule has 0 aliphatic carbocycles. The van der Waals surface area contributed by atoms with Gasteiger partial charge in [0.2, 0.25) is 0 Å². The number of carbonyl (C=O) groups excluding carboxylic acids is 1. The Balaban J connectivity index is 0.000000241. The monoisotopic (exact) mass is 1120 g/mol. The molecule has 4 N–H and O–H groups in total. The maximum Gasteiger partial charge on any atom is 2.00 e. The molecule has 8 rings (SSSR count). The van der Waals surface area contributed by atoms with Crippen molar-refractivity contribution in [3.8, 4) is 23.0 Å². The van der Waals surface area contributed by atoms with Crippen molar-refractivity contribution < 1.29 is 55.5 Å². The topological polar surface area (TPSA) is 284 Å². The van der Waals surface area contributed by atoms with Gasteiger partial charge in [0.05, 0.1) is 50.0 Å². The summed E-state index contributed by atoms with van der Waals surface area (Å²) in [5.74, 6) is -1.28. The van der Waals surface area contributed by atoms with E-state index in [1.807, 2.05) is 13.8 Å². The molecule has 0 aromatic heterocycles. The average molecular weight is 1120 g/mol. The van der Waals surface area contributed by atoms with Crippen LogP contribution in [0.3, 0.4) is 0 Å². The second kappa shape index (κ2) is 24.7. The fourth-order valence-electron chi connectivity index (χ4n) is 7.40. The number of phenolic OH excluding ortho intramolecular Hbond substituents is 1. The van der Waals surface area contributed by atoms with Crippen molar-refractivity contribution in [1.29, 1.82) is 0 Å². The normalized spacial score (nSPS) is 11.9. The van der Waals surface area contributed by atoms with Crippen LogP contribution in [0.1, 0.15) is 40.9 Å². The summed E-state index contributed by atoms with van der Waals surface area (Å²) in [4.78, 5) is 16.5. The van der Waals surface area contributed by atoms with Gasteiger partial charge in [0, 0.05) is 28.6 Å². The molecular weight excluding hydrogens is 1080 g/mol. The number of halogens is 2. The maximum absolute atomic E-state index is 13.3. The molecule has 0 fully saturated rings. The first kappa shape index (κ1) is 57.6. The molecule has 8 aromatic rings. The van der Waals surface area contributed by atoms with Gasteiger partial charge < -0.3 is 30.1 Å². The van der Waals surface area contributed by atoms with E-state index in [2.05, 4.69) is 30.8 Å². The van der Waals surface area contributed by atoms with Crippen molar-refractivity contribution in [2.45, 2.75) is 37.5 Å². The smallest absolute Gasteiger partial charge is 0.871 e. The number of nitrogens with zero attached hydrogens (tertiary/aromatic N) is 5. The van der Waals surface area contributed by atoms with Crippen LogP contribution in [0.15, 0.2) is 169 Å². The van der Waals surface area contributed by atoms with E-state index >= 15 is 0 Å². The second-order valence-electron chi connectivity index (χ2n) is 15.8. The Morgan fingerprint density at radius 3 is 1.64 bits per heavy atom. The molecule has 0 aliphatic rings. The first-order chi connectivity index (χ1) is 35.2. The third kappa shape index (κ3) is 13.6. The molecular formula is C52H42CaCl2N6O12S2. The van der Waals surface area contributed by atoms with Crippen LogP contribution in [0.25, 0.3) is 21.5 Å². The number of amides is 1. The Morgan fingerprint density at radius 1 is 0.627 bits per heavy atom. The van der Waals surface area contributed by atoms with Crippen LogP contribution in [-0.2, 0) is 20.2 Å². The number of benzene rings is 8. The molecule has 0 saturated heterocycles. The Morgan fingerprint density at radius 2 is 1.11 bits per heavy atom. The second-order valence-corrected chi connectivity index (χ2v) is 19.4. The minimum atomic E-state index is -4.49. The molecule has 0 atom stereocenters. The molecule has 380 valence electrons. The Labute approximate surface area is 470 Å². The van der Waals surface area contributed by atoms with Gasteiger partial charge in [-0.3, -0.25) is 18.9 Å². The maximum atomic E-state index is 13.3. The van der Waals surface area contributed by atoms with E-state index in [0.29, 0.717) is 57.6 Å². The number of phenols is 1. The molecule has 0 bridgehead atoms. The van der Waals surface area contributed by atoms with Gasteiger partial charge in [-0.1, -0.05) is 89.6 Å². The molecule has 0 saturated carbocycles. The van der Waals surface area contributed by atoms with Crippen molar-refractivity contribution in [1.82, 2.24) is 0 Å². The van der Waals surface area contributed by atoms with Crippen molar-refractivity contribution in [2.24, 2.45) is 25.4 Å². The number of hydrogen-bond acceptors (Lipinski definition) is 15. The number of hydrogen-bond donors (Lipinski definition) is 4. The minimum Gasteiger partial charge on any atom is -0.871 e. The zero-order valence-corrected chi connectivity index (χ0v) is 45.5. The van der Waals surface area contributed by atoms with E-state index in [1.54, 1.807) is 103 Å². The molecule has 18 nitrogen and oxygen atoms in total. The minimum absolute atomic E-state index is 0. The largest absolute Gasteiger partial charge is 2.00 e. The fourth-order valence-corrected chi connectivity index (χ4v) is 9.38. The zero-order valence-electron chi connectivity index (χ0n) is 40.1. The fraction of sp³-hybridized carbons (Fsp3) is 0.115. The molecule has 75 heavy (non-hydrogen) atoms. The number of carbonyl (C=O) groups is 1. The van der Waals surface area contributed by atoms with Crippen molar-refractivity contribution in [2.75, 3.05) is 18.5 Å². The summed E-state index contributed by atoms with van der Waals surface area (Å²) in [5, 5.41) is 58.6. The van der Waals surface area contributed by atoms with Crippen LogP contribution in [0.2, 0.25) is 10.0 Å². The van der Waals surface area contributed by atoms with Crippen molar-refractivity contribution >= 4 is 149 Å². The van der Waals surface area contributed by atoms with E-state index in [9.17, 15) is 46.1 Å². The Kier molecular flexibility index (Phi) is 19.0. The molecule has 0 unspecified atom stereocenters. The van der Waals surface area contributed by atoms with Gasteiger partial charge in [0.1, 0.15) is 28.6 Å². The Hall–Kier alpha value is -6.72. The van der Waals surface area contributed by atoms with Crippen LogP contribution in [0.4, 0.5) is 34.1 Å². The van der Waals surface area contributed by atoms with E-state index < -0.39 is 43.5 Å². The van der Waals surface area contributed by atoms with Crippen LogP contribution in [-0.4, -0.2) is 93.8 Å². The number of nitrogens with one attached hydrogen (secondary N) is 1. The van der Waals surface area contributed by atoms with Crippen LogP contribution >= 0.6 is 23.2 Å². The number of rotatable bonds is 14. The van der Waals surface area contributed by atoms with Gasteiger partial charge in [-0.05, 0) is 122 Å². The number of aliphatic imine (C=N–C) groups is 1. The molecule has 0 radical (unpaired) electrons. The summed E-state index contributed by atoms with van der Waals surface area (Å²) in [6.07, 6.45) is 0. The van der Waals surface area contributed by atoms with Crippen LogP contribution < -0.4 is 25.0 Å². The molecule has 8 aromatic carbocycles. The van der Waals surface area contributed by atoms with Crippen molar-refractivity contribution in [3.05, 3.63) is 166 Å². The van der Waals surface area contributed by atoms with Gasteiger partial charge in [-0.2, -0.15) is 21.9 Å². The zero-order chi connectivity index (χ0) is 53.5. The molecule has 0 spiro atoms. The summed E-state index contributed by atoms with van der Waals surface area (Å²) in [6.45, 7) is 7.43. The number of ether oxygens (including phenoxy) is 2. The standard InChI is InChI=1S/2C26H22ClN3O6S.Ca/c2*1-3-36-18-9-6-8-17(14-18)28-26(32)20-13-16-7-4-5-10-19(16)24(25(20)31)30-29-21-11-12-22(37(33,34)35)15(2)23(21)27;/h2*4-14,31H,3H2,1-2H3,(H,28,32)(H,33,34,35);/q;;+2/p-2. The number of anilines is 1. The summed E-state index contributed by atoms with van der Waals surface area (Å²) < 4.78 is 75.7. The first-order valence-electron chi connectivity index (χ1n) is 22.1. The van der Waals surface area contributed by atoms with E-state index in [0.717, 1.165) is 12.1 Å². The molecule has 1 amide bonds.